The van der Waals surface area contributed by atoms with Crippen LogP contribution in [0.25, 0.3) is 0 Å². The molecular formula is C4H10IN3O2. The van der Waals surface area contributed by atoms with Crippen molar-refractivity contribution in [1.82, 2.24) is 5.32 Å². The van der Waals surface area contributed by atoms with Crippen LogP contribution in [0, 0.1) is 5.41 Å². The highest BCUT2D eigenvalue weighted by molar-refractivity contribution is 14.0. The van der Waals surface area contributed by atoms with Gasteiger partial charge in [0.1, 0.15) is 6.04 Å². The number of hydrogen-bond acceptors (Lipinski definition) is 2. The fraction of sp³-hybridized carbons (Fsp3) is 0.500. The topological polar surface area (TPSA) is 99.2 Å². The number of carbonyl (C=O) groups is 1. The maximum Gasteiger partial charge on any atom is 0.325 e. The van der Waals surface area contributed by atoms with Crippen LogP contribution in [0.15, 0.2) is 0 Å². The Morgan fingerprint density at radius 3 is 2.30 bits per heavy atom. The molecule has 0 heterocycles. The van der Waals surface area contributed by atoms with Gasteiger partial charge in [0.15, 0.2) is 5.96 Å². The lowest BCUT2D eigenvalue weighted by Gasteiger charge is -2.06. The van der Waals surface area contributed by atoms with Crippen LogP contribution in [-0.2, 0) is 4.79 Å². The summed E-state index contributed by atoms with van der Waals surface area (Å²) in [5.74, 6) is -1.35. The Morgan fingerprint density at radius 1 is 1.80 bits per heavy atom. The first-order valence-electron chi connectivity index (χ1n) is 2.37. The zero-order chi connectivity index (χ0) is 7.44. The molecule has 0 saturated carbocycles. The smallest absolute Gasteiger partial charge is 0.325 e. The van der Waals surface area contributed by atoms with Gasteiger partial charge in [0, 0.05) is 0 Å². The van der Waals surface area contributed by atoms with Gasteiger partial charge in [0.2, 0.25) is 0 Å². The van der Waals surface area contributed by atoms with Crippen molar-refractivity contribution >= 4 is 35.9 Å². The van der Waals surface area contributed by atoms with E-state index >= 15 is 0 Å². The van der Waals surface area contributed by atoms with E-state index < -0.39 is 12.0 Å². The van der Waals surface area contributed by atoms with Gasteiger partial charge < -0.3 is 16.2 Å². The summed E-state index contributed by atoms with van der Waals surface area (Å²) in [5, 5.41) is 17.0. The number of aliphatic carboxylic acids is 1. The maximum atomic E-state index is 10.0. The number of halogens is 1. The second kappa shape index (κ2) is 5.27. The van der Waals surface area contributed by atoms with Gasteiger partial charge in [-0.3, -0.25) is 10.2 Å². The number of carboxylic acids is 1. The van der Waals surface area contributed by atoms with Gasteiger partial charge in [-0.25, -0.2) is 0 Å². The summed E-state index contributed by atoms with van der Waals surface area (Å²) in [6.45, 7) is 1.41. The molecule has 0 fully saturated rings. The van der Waals surface area contributed by atoms with Gasteiger partial charge in [-0.1, -0.05) is 0 Å². The Balaban J connectivity index is 0. The van der Waals surface area contributed by atoms with Crippen molar-refractivity contribution in [1.29, 1.82) is 5.41 Å². The zero-order valence-corrected chi connectivity index (χ0v) is 7.75. The number of hydrogen-bond donors (Lipinski definition) is 4. The minimum absolute atomic E-state index is 0. The predicted octanol–water partition coefficient (Wildman–Crippen LogP) is -0.439. The molecule has 0 aliphatic carbocycles. The zero-order valence-electron chi connectivity index (χ0n) is 5.42. The van der Waals surface area contributed by atoms with Crippen LogP contribution < -0.4 is 11.1 Å². The first-order valence-corrected chi connectivity index (χ1v) is 2.37. The first kappa shape index (κ1) is 12.2. The summed E-state index contributed by atoms with van der Waals surface area (Å²) in [4.78, 5) is 10.0. The maximum absolute atomic E-state index is 10.0. The van der Waals surface area contributed by atoms with Gasteiger partial charge in [-0.2, -0.15) is 0 Å². The molecule has 0 aliphatic rings. The minimum Gasteiger partial charge on any atom is -0.480 e. The molecule has 0 rings (SSSR count). The van der Waals surface area contributed by atoms with Crippen LogP contribution in [-0.4, -0.2) is 23.1 Å². The molecular weight excluding hydrogens is 249 g/mol. The van der Waals surface area contributed by atoms with Crippen molar-refractivity contribution in [2.75, 3.05) is 0 Å². The Morgan fingerprint density at radius 2 is 2.20 bits per heavy atom. The fourth-order valence-electron chi connectivity index (χ4n) is 0.295. The molecule has 0 spiro atoms. The lowest BCUT2D eigenvalue weighted by Crippen LogP contribution is -2.41. The average molecular weight is 259 g/mol. The lowest BCUT2D eigenvalue weighted by molar-refractivity contribution is -0.138. The van der Waals surface area contributed by atoms with Crippen LogP contribution >= 0.6 is 24.0 Å². The van der Waals surface area contributed by atoms with Gasteiger partial charge in [0.05, 0.1) is 0 Å². The van der Waals surface area contributed by atoms with Crippen molar-refractivity contribution in [2.45, 2.75) is 13.0 Å². The second-order valence-electron chi connectivity index (χ2n) is 1.62. The average Bonchev–Trinajstić information content (AvgIpc) is 1.63. The molecule has 0 aromatic carbocycles. The first-order chi connectivity index (χ1) is 4.04. The van der Waals surface area contributed by atoms with Crippen molar-refractivity contribution in [3.63, 3.8) is 0 Å². The molecule has 0 amide bonds. The molecule has 60 valence electrons. The van der Waals surface area contributed by atoms with Gasteiger partial charge in [-0.15, -0.1) is 24.0 Å². The molecule has 10 heavy (non-hydrogen) atoms. The van der Waals surface area contributed by atoms with E-state index in [-0.39, 0.29) is 29.9 Å². The normalized spacial score (nSPS) is 10.9. The summed E-state index contributed by atoms with van der Waals surface area (Å²) < 4.78 is 0. The van der Waals surface area contributed by atoms with E-state index in [1.807, 2.05) is 0 Å². The monoisotopic (exact) mass is 259 g/mol. The minimum atomic E-state index is -1.02. The van der Waals surface area contributed by atoms with E-state index in [0.717, 1.165) is 0 Å². The molecule has 0 bridgehead atoms. The summed E-state index contributed by atoms with van der Waals surface area (Å²) >= 11 is 0. The third kappa shape index (κ3) is 5.60. The van der Waals surface area contributed by atoms with Crippen molar-refractivity contribution in [3.05, 3.63) is 0 Å². The summed E-state index contributed by atoms with van der Waals surface area (Å²) in [7, 11) is 0. The summed E-state index contributed by atoms with van der Waals surface area (Å²) in [6.07, 6.45) is 0. The molecule has 0 aliphatic heterocycles. The van der Waals surface area contributed by atoms with E-state index in [9.17, 15) is 4.79 Å². The molecule has 0 radical (unpaired) electrons. The Hall–Kier alpha value is -0.530. The number of nitrogens with two attached hydrogens (primary N) is 1. The molecule has 6 heteroatoms. The van der Waals surface area contributed by atoms with Crippen LogP contribution in [0.2, 0.25) is 0 Å². The van der Waals surface area contributed by atoms with E-state index in [1.165, 1.54) is 6.92 Å². The predicted molar refractivity (Wildman–Crippen MR) is 47.6 cm³/mol. The lowest BCUT2D eigenvalue weighted by atomic mass is 10.3. The third-order valence-electron chi connectivity index (χ3n) is 0.742. The molecule has 1 unspecified atom stereocenters. The fourth-order valence-corrected chi connectivity index (χ4v) is 0.295. The highest BCUT2D eigenvalue weighted by Crippen LogP contribution is 1.76. The second-order valence-corrected chi connectivity index (χ2v) is 1.62. The highest BCUT2D eigenvalue weighted by Gasteiger charge is 2.08. The number of nitrogens with one attached hydrogen (secondary N) is 2. The standard InChI is InChI=1S/C4H9N3O2.HI/c1-2(3(8)9)7-4(5)6;/h2H,1H3,(H,8,9)(H4,5,6,7);1H. The molecule has 0 aromatic rings. The van der Waals surface area contributed by atoms with Crippen molar-refractivity contribution in [3.8, 4) is 0 Å². The van der Waals surface area contributed by atoms with E-state index in [1.54, 1.807) is 0 Å². The number of carboxylic acid groups (broad SMARTS) is 1. The largest absolute Gasteiger partial charge is 0.480 e. The molecule has 0 aromatic heterocycles. The van der Waals surface area contributed by atoms with Gasteiger partial charge in [-0.05, 0) is 6.92 Å². The van der Waals surface area contributed by atoms with E-state index in [2.05, 4.69) is 5.32 Å². The quantitative estimate of drug-likeness (QED) is 0.307. The molecule has 0 saturated heterocycles. The summed E-state index contributed by atoms with van der Waals surface area (Å²) in [6, 6.07) is -0.789. The van der Waals surface area contributed by atoms with Crippen LogP contribution in [0.4, 0.5) is 0 Å². The van der Waals surface area contributed by atoms with Crippen molar-refractivity contribution < 1.29 is 9.90 Å². The van der Waals surface area contributed by atoms with Gasteiger partial charge >= 0.3 is 5.97 Å². The molecule has 5 nitrogen and oxygen atoms in total. The molecule has 1 atom stereocenters. The van der Waals surface area contributed by atoms with E-state index in [4.69, 9.17) is 16.2 Å². The Labute approximate surface area is 75.5 Å². The van der Waals surface area contributed by atoms with Gasteiger partial charge in [0.25, 0.3) is 0 Å². The SMILES string of the molecule is CC(NC(=N)N)C(=O)O.I. The number of rotatable bonds is 2. The summed E-state index contributed by atoms with van der Waals surface area (Å²) in [5.41, 5.74) is 4.84. The third-order valence-corrected chi connectivity index (χ3v) is 0.742. The Kier molecular flexibility index (Phi) is 6.42. The number of guanidine groups is 1. The van der Waals surface area contributed by atoms with Crippen molar-refractivity contribution in [2.24, 2.45) is 5.73 Å². The molecule has 5 N–H and O–H groups in total. The van der Waals surface area contributed by atoms with Crippen LogP contribution in [0.5, 0.6) is 0 Å². The Bertz CT molecular complexity index is 138. The highest BCUT2D eigenvalue weighted by atomic mass is 127. The van der Waals surface area contributed by atoms with E-state index in [0.29, 0.717) is 0 Å². The van der Waals surface area contributed by atoms with Crippen LogP contribution in [0.1, 0.15) is 6.92 Å². The van der Waals surface area contributed by atoms with Crippen LogP contribution in [0.3, 0.4) is 0 Å².